The fraction of sp³-hybridized carbons (Fsp3) is 0.917. The predicted octanol–water partition coefficient (Wildman–Crippen LogP) is 0.116. The van der Waals surface area contributed by atoms with Crippen LogP contribution >= 0.6 is 0 Å². The van der Waals surface area contributed by atoms with Crippen LogP contribution in [-0.2, 0) is 14.8 Å². The molecule has 19 heavy (non-hydrogen) atoms. The van der Waals surface area contributed by atoms with E-state index in [1.54, 1.807) is 4.90 Å². The molecule has 0 heterocycles. The quantitative estimate of drug-likeness (QED) is 0.621. The van der Waals surface area contributed by atoms with E-state index >= 15 is 0 Å². The number of amides is 1. The Morgan fingerprint density at radius 1 is 1.16 bits per heavy atom. The molecule has 0 aromatic heterocycles. The maximum atomic E-state index is 11.5. The molecular formula is C12H27N3O3S. The van der Waals surface area contributed by atoms with E-state index in [-0.39, 0.29) is 18.2 Å². The number of sulfonamides is 1. The molecule has 0 aliphatic heterocycles. The van der Waals surface area contributed by atoms with Gasteiger partial charge >= 0.3 is 0 Å². The fourth-order valence-corrected chi connectivity index (χ4v) is 2.77. The van der Waals surface area contributed by atoms with Gasteiger partial charge in [0.2, 0.25) is 15.9 Å². The molecule has 0 saturated heterocycles. The molecule has 7 heteroatoms. The lowest BCUT2D eigenvalue weighted by Crippen LogP contribution is -2.39. The Kier molecular flexibility index (Phi) is 8.95. The van der Waals surface area contributed by atoms with E-state index < -0.39 is 10.0 Å². The maximum Gasteiger partial charge on any atom is 0.219 e. The van der Waals surface area contributed by atoms with Crippen molar-refractivity contribution in [2.24, 2.45) is 0 Å². The van der Waals surface area contributed by atoms with Gasteiger partial charge < -0.3 is 9.80 Å². The van der Waals surface area contributed by atoms with Crippen LogP contribution in [0.3, 0.4) is 0 Å². The summed E-state index contributed by atoms with van der Waals surface area (Å²) in [6.45, 7) is 5.60. The van der Waals surface area contributed by atoms with Gasteiger partial charge in [-0.3, -0.25) is 4.79 Å². The molecule has 1 N–H and O–H groups in total. The van der Waals surface area contributed by atoms with Crippen molar-refractivity contribution in [1.29, 1.82) is 0 Å². The van der Waals surface area contributed by atoms with E-state index in [9.17, 15) is 13.2 Å². The van der Waals surface area contributed by atoms with Gasteiger partial charge in [0, 0.05) is 26.6 Å². The first-order valence-corrected chi connectivity index (χ1v) is 8.31. The molecule has 0 atom stereocenters. The molecule has 0 radical (unpaired) electrons. The van der Waals surface area contributed by atoms with E-state index in [0.29, 0.717) is 19.5 Å². The number of carbonyl (C=O) groups is 1. The minimum absolute atomic E-state index is 0.0200. The molecule has 0 aromatic carbocycles. The lowest BCUT2D eigenvalue weighted by atomic mass is 10.3. The molecule has 1 amide bonds. The number of hydrogen-bond donors (Lipinski definition) is 1. The van der Waals surface area contributed by atoms with Gasteiger partial charge in [0.05, 0.1) is 5.75 Å². The summed E-state index contributed by atoms with van der Waals surface area (Å²) in [4.78, 5) is 15.2. The van der Waals surface area contributed by atoms with Crippen LogP contribution in [0, 0.1) is 0 Å². The second-order valence-electron chi connectivity index (χ2n) is 4.88. The maximum absolute atomic E-state index is 11.5. The summed E-state index contributed by atoms with van der Waals surface area (Å²) >= 11 is 0. The lowest BCUT2D eigenvalue weighted by molar-refractivity contribution is -0.128. The predicted molar refractivity (Wildman–Crippen MR) is 77.5 cm³/mol. The second kappa shape index (κ2) is 9.28. The molecule has 0 aromatic rings. The summed E-state index contributed by atoms with van der Waals surface area (Å²) in [6, 6.07) is 0. The average molecular weight is 293 g/mol. The van der Waals surface area contributed by atoms with Crippen LogP contribution in [-0.4, -0.2) is 70.2 Å². The highest BCUT2D eigenvalue weighted by Gasteiger charge is 2.11. The summed E-state index contributed by atoms with van der Waals surface area (Å²) in [6.07, 6.45) is 1.48. The third-order valence-electron chi connectivity index (χ3n) is 2.66. The highest BCUT2D eigenvalue weighted by Crippen LogP contribution is 1.95. The van der Waals surface area contributed by atoms with Crippen LogP contribution in [0.2, 0.25) is 0 Å². The summed E-state index contributed by atoms with van der Waals surface area (Å²) in [7, 11) is 0.783. The molecule has 0 unspecified atom stereocenters. The Hall–Kier alpha value is -0.660. The van der Waals surface area contributed by atoms with Gasteiger partial charge in [0.25, 0.3) is 0 Å². The van der Waals surface area contributed by atoms with Crippen molar-refractivity contribution in [3.8, 4) is 0 Å². The van der Waals surface area contributed by atoms with Gasteiger partial charge in [-0.25, -0.2) is 13.1 Å². The first kappa shape index (κ1) is 18.3. The smallest absolute Gasteiger partial charge is 0.219 e. The van der Waals surface area contributed by atoms with Gasteiger partial charge in [-0.15, -0.1) is 0 Å². The standard InChI is InChI=1S/C12H27N3O3S/c1-5-11-19(17,18)13-7-10-15(12(2)16)9-6-8-14(3)4/h13H,5-11H2,1-4H3. The topological polar surface area (TPSA) is 69.7 Å². The van der Waals surface area contributed by atoms with Crippen LogP contribution < -0.4 is 4.72 Å². The molecule has 0 saturated carbocycles. The lowest BCUT2D eigenvalue weighted by Gasteiger charge is -2.22. The van der Waals surface area contributed by atoms with E-state index in [1.807, 2.05) is 21.0 Å². The molecule has 0 aliphatic carbocycles. The van der Waals surface area contributed by atoms with Crippen molar-refractivity contribution in [1.82, 2.24) is 14.5 Å². The van der Waals surface area contributed by atoms with Crippen molar-refractivity contribution in [3.05, 3.63) is 0 Å². The van der Waals surface area contributed by atoms with E-state index in [4.69, 9.17) is 0 Å². The minimum Gasteiger partial charge on any atom is -0.342 e. The fourth-order valence-electron chi connectivity index (χ4n) is 1.68. The van der Waals surface area contributed by atoms with E-state index in [2.05, 4.69) is 9.62 Å². The Balaban J connectivity index is 4.05. The molecule has 6 nitrogen and oxygen atoms in total. The number of hydrogen-bond acceptors (Lipinski definition) is 4. The first-order valence-electron chi connectivity index (χ1n) is 6.66. The average Bonchev–Trinajstić information content (AvgIpc) is 2.25. The normalized spacial score (nSPS) is 11.8. The van der Waals surface area contributed by atoms with E-state index in [0.717, 1.165) is 13.0 Å². The zero-order valence-corrected chi connectivity index (χ0v) is 13.3. The van der Waals surface area contributed by atoms with Crippen molar-refractivity contribution in [2.75, 3.05) is 46.0 Å². The number of nitrogens with zero attached hydrogens (tertiary/aromatic N) is 2. The van der Waals surface area contributed by atoms with Crippen LogP contribution in [0.25, 0.3) is 0 Å². The summed E-state index contributed by atoms with van der Waals surface area (Å²) in [5, 5.41) is 0. The van der Waals surface area contributed by atoms with E-state index in [1.165, 1.54) is 6.92 Å². The van der Waals surface area contributed by atoms with Crippen molar-refractivity contribution < 1.29 is 13.2 Å². The summed E-state index contributed by atoms with van der Waals surface area (Å²) < 4.78 is 25.4. The monoisotopic (exact) mass is 293 g/mol. The Morgan fingerprint density at radius 3 is 2.26 bits per heavy atom. The van der Waals surface area contributed by atoms with Crippen molar-refractivity contribution in [3.63, 3.8) is 0 Å². The van der Waals surface area contributed by atoms with Gasteiger partial charge in [-0.2, -0.15) is 0 Å². The van der Waals surface area contributed by atoms with Gasteiger partial charge in [-0.05, 0) is 33.5 Å². The number of rotatable bonds is 10. The molecule has 0 fully saturated rings. The Morgan fingerprint density at radius 2 is 1.79 bits per heavy atom. The highest BCUT2D eigenvalue weighted by molar-refractivity contribution is 7.89. The third kappa shape index (κ3) is 9.86. The number of carbonyl (C=O) groups excluding carboxylic acids is 1. The first-order chi connectivity index (χ1) is 8.78. The van der Waals surface area contributed by atoms with Gasteiger partial charge in [0.1, 0.15) is 0 Å². The molecule has 0 bridgehead atoms. The molecule has 114 valence electrons. The second-order valence-corrected chi connectivity index (χ2v) is 6.80. The number of nitrogens with one attached hydrogen (secondary N) is 1. The largest absolute Gasteiger partial charge is 0.342 e. The Bertz CT molecular complexity index is 355. The van der Waals surface area contributed by atoms with Crippen LogP contribution in [0.15, 0.2) is 0 Å². The SMILES string of the molecule is CCCS(=O)(=O)NCCN(CCCN(C)C)C(C)=O. The van der Waals surface area contributed by atoms with Crippen LogP contribution in [0.1, 0.15) is 26.7 Å². The van der Waals surface area contributed by atoms with Crippen molar-refractivity contribution >= 4 is 15.9 Å². The molecular weight excluding hydrogens is 266 g/mol. The highest BCUT2D eigenvalue weighted by atomic mass is 32.2. The summed E-state index contributed by atoms with van der Waals surface area (Å²) in [5.41, 5.74) is 0. The summed E-state index contributed by atoms with van der Waals surface area (Å²) in [5.74, 6) is 0.113. The molecule has 0 rings (SSSR count). The Labute approximate surface area is 117 Å². The van der Waals surface area contributed by atoms with Crippen molar-refractivity contribution in [2.45, 2.75) is 26.7 Å². The minimum atomic E-state index is -3.18. The van der Waals surface area contributed by atoms with Crippen LogP contribution in [0.4, 0.5) is 0 Å². The van der Waals surface area contributed by atoms with Gasteiger partial charge in [-0.1, -0.05) is 6.92 Å². The van der Waals surface area contributed by atoms with Gasteiger partial charge in [0.15, 0.2) is 0 Å². The molecule has 0 spiro atoms. The van der Waals surface area contributed by atoms with Crippen LogP contribution in [0.5, 0.6) is 0 Å². The zero-order chi connectivity index (χ0) is 14.9. The third-order valence-corrected chi connectivity index (χ3v) is 4.24. The molecule has 0 aliphatic rings. The zero-order valence-electron chi connectivity index (χ0n) is 12.5.